The highest BCUT2D eigenvalue weighted by Gasteiger charge is 2.23. The molecule has 0 aliphatic rings. The summed E-state index contributed by atoms with van der Waals surface area (Å²) in [4.78, 5) is 25.7. The average Bonchev–Trinajstić information content (AvgIpc) is 3.70. The number of nitrogens with one attached hydrogen (secondary N) is 1. The second-order valence-electron chi connectivity index (χ2n) is 28.4. The van der Waals surface area contributed by atoms with Crippen LogP contribution in [0, 0.1) is 0 Å². The Kier molecular flexibility index (Phi) is 68.0. The van der Waals surface area contributed by atoms with E-state index in [0.29, 0.717) is 17.4 Å². The van der Waals surface area contributed by atoms with E-state index in [9.17, 15) is 19.4 Å². The minimum absolute atomic E-state index is 0.00313. The van der Waals surface area contributed by atoms with Crippen molar-refractivity contribution in [1.29, 1.82) is 0 Å². The maximum absolute atomic E-state index is 13.1. The number of phosphoric ester groups is 1. The van der Waals surface area contributed by atoms with Gasteiger partial charge < -0.3 is 28.8 Å². The highest BCUT2D eigenvalue weighted by atomic mass is 31.2. The Balaban J connectivity index is 3.93. The Morgan fingerprint density at radius 3 is 0.872 bits per heavy atom. The van der Waals surface area contributed by atoms with Gasteiger partial charge in [-0.25, -0.2) is 0 Å². The molecule has 0 spiro atoms. The van der Waals surface area contributed by atoms with Crippen LogP contribution >= 0.6 is 7.82 Å². The largest absolute Gasteiger partial charge is 0.756 e. The van der Waals surface area contributed by atoms with E-state index in [4.69, 9.17) is 9.05 Å². The first kappa shape index (κ1) is 85.2. The first-order valence-corrected chi connectivity index (χ1v) is 40.5. The van der Waals surface area contributed by atoms with E-state index in [1.165, 1.54) is 366 Å². The summed E-state index contributed by atoms with van der Waals surface area (Å²) in [7, 11) is 1.29. The van der Waals surface area contributed by atoms with Crippen LogP contribution in [0.1, 0.15) is 425 Å². The van der Waals surface area contributed by atoms with Crippen LogP contribution < -0.4 is 10.2 Å². The Hall–Kier alpha value is -0.760. The summed E-state index contributed by atoms with van der Waals surface area (Å²) in [6.45, 7) is 4.73. The van der Waals surface area contributed by atoms with Crippen LogP contribution in [0.4, 0.5) is 0 Å². The molecule has 0 aromatic heterocycles. The zero-order valence-corrected chi connectivity index (χ0v) is 60.0. The van der Waals surface area contributed by atoms with Gasteiger partial charge in [-0.3, -0.25) is 9.36 Å². The molecule has 0 aliphatic carbocycles. The summed E-state index contributed by atoms with van der Waals surface area (Å²) >= 11 is 0. The number of amides is 1. The molecule has 0 radical (unpaired) electrons. The number of phosphoric acid groups is 1. The summed E-state index contributed by atoms with van der Waals surface area (Å²) in [6.07, 6.45) is 89.5. The lowest BCUT2D eigenvalue weighted by molar-refractivity contribution is -0.870. The number of rotatable bonds is 74. The van der Waals surface area contributed by atoms with E-state index in [0.717, 1.165) is 38.5 Å². The Morgan fingerprint density at radius 1 is 0.395 bits per heavy atom. The molecular weight excluding hydrogens is 1080 g/mol. The molecule has 0 heterocycles. The minimum Gasteiger partial charge on any atom is -0.756 e. The fourth-order valence-corrected chi connectivity index (χ4v) is 13.2. The average molecular weight is 1240 g/mol. The molecule has 0 aromatic carbocycles. The molecule has 0 aromatic rings. The predicted molar refractivity (Wildman–Crippen MR) is 376 cm³/mol. The topological polar surface area (TPSA) is 108 Å². The van der Waals surface area contributed by atoms with Gasteiger partial charge in [-0.15, -0.1) is 0 Å². The SMILES string of the molecule is CCCCCCCCCCCCCCCCCCCCCCCCCCCC/C=C/C(O)C(COP(=O)([O-])OCC[N+](C)(C)C)NC(=O)CCCCCCCCCCCCCCCCCCCCCCCCCCCCCCCCCCCCCC. The first-order chi connectivity index (χ1) is 42.0. The van der Waals surface area contributed by atoms with Crippen LogP contribution in [0.2, 0.25) is 0 Å². The summed E-state index contributed by atoms with van der Waals surface area (Å²) in [5, 5.41) is 14.0. The van der Waals surface area contributed by atoms with E-state index < -0.39 is 20.0 Å². The molecule has 0 bridgehead atoms. The number of nitrogens with zero attached hydrogens (tertiary/aromatic N) is 1. The lowest BCUT2D eigenvalue weighted by Crippen LogP contribution is -2.45. The van der Waals surface area contributed by atoms with Gasteiger partial charge >= 0.3 is 0 Å². The fourth-order valence-electron chi connectivity index (χ4n) is 12.5. The van der Waals surface area contributed by atoms with Crippen molar-refractivity contribution in [3.63, 3.8) is 0 Å². The number of hydrogen-bond donors (Lipinski definition) is 2. The van der Waals surface area contributed by atoms with Gasteiger partial charge in [-0.05, 0) is 19.3 Å². The molecule has 0 saturated heterocycles. The Labute approximate surface area is 539 Å². The molecule has 514 valence electrons. The van der Waals surface area contributed by atoms with E-state index in [2.05, 4.69) is 19.2 Å². The molecule has 3 atom stereocenters. The normalized spacial score (nSPS) is 13.5. The van der Waals surface area contributed by atoms with Crippen molar-refractivity contribution in [3.05, 3.63) is 12.2 Å². The van der Waals surface area contributed by atoms with Crippen LogP contribution in [0.3, 0.4) is 0 Å². The zero-order chi connectivity index (χ0) is 62.6. The van der Waals surface area contributed by atoms with Gasteiger partial charge in [-0.1, -0.05) is 411 Å². The van der Waals surface area contributed by atoms with Crippen molar-refractivity contribution in [2.24, 2.45) is 0 Å². The first-order valence-electron chi connectivity index (χ1n) is 39.1. The zero-order valence-electron chi connectivity index (χ0n) is 59.1. The van der Waals surface area contributed by atoms with Gasteiger partial charge in [0, 0.05) is 6.42 Å². The predicted octanol–water partition coefficient (Wildman–Crippen LogP) is 24.6. The van der Waals surface area contributed by atoms with Gasteiger partial charge in [0.25, 0.3) is 7.82 Å². The second kappa shape index (κ2) is 68.6. The number of aliphatic hydroxyl groups is 1. The minimum atomic E-state index is -4.60. The molecule has 0 fully saturated rings. The van der Waals surface area contributed by atoms with E-state index >= 15 is 0 Å². The molecule has 0 rings (SSSR count). The number of carbonyl (C=O) groups is 1. The lowest BCUT2D eigenvalue weighted by atomic mass is 10.0. The third-order valence-corrected chi connectivity index (χ3v) is 19.5. The number of hydrogen-bond acceptors (Lipinski definition) is 6. The lowest BCUT2D eigenvalue weighted by Gasteiger charge is -2.29. The standard InChI is InChI=1S/C77H155N2O6P/c1-6-8-10-12-14-16-18-20-22-24-26-28-30-32-34-36-37-38-39-40-41-42-43-45-47-49-51-53-55-57-59-61-63-65-67-69-71-77(81)78-75(74-85-86(82,83)84-73-72-79(3,4)5)76(80)70-68-66-64-62-60-58-56-54-52-50-48-46-44-35-33-31-29-27-25-23-21-19-17-15-13-11-9-7-2/h68,70,75-76,80H,6-67,69,71-74H2,1-5H3,(H-,78,81,82,83)/b70-68+. The van der Waals surface area contributed by atoms with Crippen LogP contribution in [-0.4, -0.2) is 68.5 Å². The van der Waals surface area contributed by atoms with Crippen LogP contribution in [0.5, 0.6) is 0 Å². The third-order valence-electron chi connectivity index (χ3n) is 18.5. The van der Waals surface area contributed by atoms with Crippen molar-refractivity contribution in [1.82, 2.24) is 5.32 Å². The molecular formula is C77H155N2O6P. The summed E-state index contributed by atoms with van der Waals surface area (Å²) in [5.74, 6) is -0.186. The second-order valence-corrected chi connectivity index (χ2v) is 29.8. The number of quaternary nitrogens is 1. The number of unbranched alkanes of at least 4 members (excludes halogenated alkanes) is 61. The van der Waals surface area contributed by atoms with Crippen molar-refractivity contribution in [3.8, 4) is 0 Å². The highest BCUT2D eigenvalue weighted by Crippen LogP contribution is 2.38. The summed E-state index contributed by atoms with van der Waals surface area (Å²) < 4.78 is 23.5. The maximum atomic E-state index is 13.1. The molecule has 2 N–H and O–H groups in total. The molecule has 0 saturated carbocycles. The van der Waals surface area contributed by atoms with Gasteiger partial charge in [0.15, 0.2) is 0 Å². The third kappa shape index (κ3) is 70.7. The summed E-state index contributed by atoms with van der Waals surface area (Å²) in [6, 6.07) is -0.884. The van der Waals surface area contributed by atoms with Crippen molar-refractivity contribution in [2.45, 2.75) is 437 Å². The van der Waals surface area contributed by atoms with E-state index in [1.807, 2.05) is 27.2 Å². The molecule has 3 unspecified atom stereocenters. The van der Waals surface area contributed by atoms with Crippen LogP contribution in [0.15, 0.2) is 12.2 Å². The number of carbonyl (C=O) groups excluding carboxylic acids is 1. The van der Waals surface area contributed by atoms with E-state index in [1.54, 1.807) is 6.08 Å². The van der Waals surface area contributed by atoms with Crippen molar-refractivity contribution >= 4 is 13.7 Å². The number of aliphatic hydroxyl groups excluding tert-OH is 1. The summed E-state index contributed by atoms with van der Waals surface area (Å²) in [5.41, 5.74) is 0. The monoisotopic (exact) mass is 1240 g/mol. The highest BCUT2D eigenvalue weighted by molar-refractivity contribution is 7.45. The quantitative estimate of drug-likeness (QED) is 0.0272. The maximum Gasteiger partial charge on any atom is 0.268 e. The molecule has 9 heteroatoms. The Bertz CT molecular complexity index is 1410. The van der Waals surface area contributed by atoms with Gasteiger partial charge in [0.05, 0.1) is 39.9 Å². The molecule has 8 nitrogen and oxygen atoms in total. The molecule has 1 amide bonds. The Morgan fingerprint density at radius 2 is 0.628 bits per heavy atom. The fraction of sp³-hybridized carbons (Fsp3) is 0.961. The van der Waals surface area contributed by atoms with Crippen LogP contribution in [0.25, 0.3) is 0 Å². The van der Waals surface area contributed by atoms with E-state index in [-0.39, 0.29) is 19.1 Å². The molecule has 86 heavy (non-hydrogen) atoms. The van der Waals surface area contributed by atoms with Gasteiger partial charge in [0.1, 0.15) is 13.2 Å². The smallest absolute Gasteiger partial charge is 0.268 e. The van der Waals surface area contributed by atoms with Gasteiger partial charge in [0.2, 0.25) is 5.91 Å². The molecule has 0 aliphatic heterocycles. The van der Waals surface area contributed by atoms with Crippen LogP contribution in [-0.2, 0) is 18.4 Å². The number of allylic oxidation sites excluding steroid dienone is 1. The van der Waals surface area contributed by atoms with Gasteiger partial charge in [-0.2, -0.15) is 0 Å². The number of likely N-dealkylation sites (N-methyl/N-ethyl adjacent to an activating group) is 1. The van der Waals surface area contributed by atoms with Crippen molar-refractivity contribution < 1.29 is 32.9 Å². The van der Waals surface area contributed by atoms with Crippen molar-refractivity contribution in [2.75, 3.05) is 40.9 Å².